The zero-order valence-corrected chi connectivity index (χ0v) is 13.9. The van der Waals surface area contributed by atoms with Crippen LogP contribution in [0.5, 0.6) is 0 Å². The van der Waals surface area contributed by atoms with Crippen molar-refractivity contribution in [2.45, 2.75) is 39.4 Å². The fourth-order valence-electron chi connectivity index (χ4n) is 3.34. The standard InChI is InChI=1S/C17H20N6O/c1-3-15-19-20-16-10-21(8-9-22(15)16)17(24)12(2)23-11-18-13-6-4-5-7-14(13)23/h4-7,11-12H,3,8-10H2,1-2H3. The predicted molar refractivity (Wildman–Crippen MR) is 89.3 cm³/mol. The summed E-state index contributed by atoms with van der Waals surface area (Å²) < 4.78 is 4.07. The molecular weight excluding hydrogens is 304 g/mol. The molecule has 0 saturated carbocycles. The molecule has 0 radical (unpaired) electrons. The molecule has 1 aromatic carbocycles. The molecule has 3 aromatic rings. The van der Waals surface area contributed by atoms with Crippen molar-refractivity contribution in [3.05, 3.63) is 42.2 Å². The van der Waals surface area contributed by atoms with Crippen LogP contribution in [-0.4, -0.2) is 41.7 Å². The Morgan fingerprint density at radius 1 is 1.25 bits per heavy atom. The van der Waals surface area contributed by atoms with Crippen LogP contribution in [0.1, 0.15) is 31.5 Å². The Hall–Kier alpha value is -2.70. The van der Waals surface area contributed by atoms with E-state index in [0.717, 1.165) is 35.6 Å². The van der Waals surface area contributed by atoms with Crippen LogP contribution < -0.4 is 0 Å². The second kappa shape index (κ2) is 5.74. The van der Waals surface area contributed by atoms with E-state index in [0.29, 0.717) is 13.1 Å². The highest BCUT2D eigenvalue weighted by Gasteiger charge is 2.28. The zero-order chi connectivity index (χ0) is 16.7. The molecule has 2 aromatic heterocycles. The summed E-state index contributed by atoms with van der Waals surface area (Å²) in [5, 5.41) is 8.44. The van der Waals surface area contributed by atoms with Gasteiger partial charge in [0.25, 0.3) is 0 Å². The molecule has 0 N–H and O–H groups in total. The first-order chi connectivity index (χ1) is 11.7. The maximum Gasteiger partial charge on any atom is 0.245 e. The summed E-state index contributed by atoms with van der Waals surface area (Å²) >= 11 is 0. The van der Waals surface area contributed by atoms with Crippen molar-refractivity contribution >= 4 is 16.9 Å². The number of carbonyl (C=O) groups is 1. The molecule has 0 aliphatic carbocycles. The fourth-order valence-corrected chi connectivity index (χ4v) is 3.34. The predicted octanol–water partition coefficient (Wildman–Crippen LogP) is 1.79. The highest BCUT2D eigenvalue weighted by atomic mass is 16.2. The lowest BCUT2D eigenvalue weighted by Gasteiger charge is -2.30. The molecule has 24 heavy (non-hydrogen) atoms. The largest absolute Gasteiger partial charge is 0.332 e. The molecule has 4 rings (SSSR count). The van der Waals surface area contributed by atoms with Crippen molar-refractivity contribution in [3.8, 4) is 0 Å². The van der Waals surface area contributed by atoms with Gasteiger partial charge in [0, 0.05) is 19.5 Å². The minimum absolute atomic E-state index is 0.0884. The van der Waals surface area contributed by atoms with E-state index in [2.05, 4.69) is 26.7 Å². The molecule has 7 heteroatoms. The first-order valence-corrected chi connectivity index (χ1v) is 8.30. The Kier molecular flexibility index (Phi) is 3.55. The van der Waals surface area contributed by atoms with Gasteiger partial charge in [0.05, 0.1) is 23.9 Å². The van der Waals surface area contributed by atoms with E-state index in [4.69, 9.17) is 0 Å². The van der Waals surface area contributed by atoms with Crippen LogP contribution in [0.3, 0.4) is 0 Å². The van der Waals surface area contributed by atoms with Gasteiger partial charge < -0.3 is 14.0 Å². The van der Waals surface area contributed by atoms with Gasteiger partial charge in [-0.05, 0) is 19.1 Å². The number of hydrogen-bond acceptors (Lipinski definition) is 4. The van der Waals surface area contributed by atoms with Crippen molar-refractivity contribution in [1.82, 2.24) is 29.2 Å². The Labute approximate surface area is 139 Å². The second-order valence-corrected chi connectivity index (χ2v) is 6.11. The number of imidazole rings is 1. The smallest absolute Gasteiger partial charge is 0.245 e. The highest BCUT2D eigenvalue weighted by molar-refractivity contribution is 5.83. The summed E-state index contributed by atoms with van der Waals surface area (Å²) in [5.41, 5.74) is 1.88. The summed E-state index contributed by atoms with van der Waals surface area (Å²) in [7, 11) is 0. The lowest BCUT2D eigenvalue weighted by atomic mass is 10.2. The maximum absolute atomic E-state index is 12.9. The van der Waals surface area contributed by atoms with Crippen LogP contribution in [-0.2, 0) is 24.3 Å². The number of amides is 1. The number of benzene rings is 1. The van der Waals surface area contributed by atoms with Gasteiger partial charge in [0.1, 0.15) is 11.9 Å². The number of hydrogen-bond donors (Lipinski definition) is 0. The van der Waals surface area contributed by atoms with Crippen LogP contribution in [0.25, 0.3) is 11.0 Å². The molecule has 0 saturated heterocycles. The van der Waals surface area contributed by atoms with Crippen molar-refractivity contribution in [1.29, 1.82) is 0 Å². The lowest BCUT2D eigenvalue weighted by molar-refractivity contribution is -0.135. The molecule has 1 amide bonds. The SMILES string of the molecule is CCc1nnc2n1CCN(C(=O)C(C)n1cnc3ccccc31)C2. The number of nitrogens with zero attached hydrogens (tertiary/aromatic N) is 6. The van der Waals surface area contributed by atoms with E-state index < -0.39 is 0 Å². The van der Waals surface area contributed by atoms with Gasteiger partial charge in [-0.15, -0.1) is 10.2 Å². The van der Waals surface area contributed by atoms with Crippen LogP contribution in [0.15, 0.2) is 30.6 Å². The average molecular weight is 324 g/mol. The van der Waals surface area contributed by atoms with E-state index in [1.807, 2.05) is 40.7 Å². The van der Waals surface area contributed by atoms with Gasteiger partial charge in [-0.25, -0.2) is 4.98 Å². The Balaban J connectivity index is 1.58. The normalized spacial score (nSPS) is 15.5. The fraction of sp³-hybridized carbons (Fsp3) is 0.412. The van der Waals surface area contributed by atoms with Crippen LogP contribution in [0.2, 0.25) is 0 Å². The van der Waals surface area contributed by atoms with Gasteiger partial charge in [-0.3, -0.25) is 4.79 Å². The van der Waals surface area contributed by atoms with E-state index in [9.17, 15) is 4.79 Å². The summed E-state index contributed by atoms with van der Waals surface area (Å²) in [4.78, 5) is 19.2. The van der Waals surface area contributed by atoms with Gasteiger partial charge >= 0.3 is 0 Å². The minimum Gasteiger partial charge on any atom is -0.332 e. The van der Waals surface area contributed by atoms with E-state index in [-0.39, 0.29) is 11.9 Å². The summed E-state index contributed by atoms with van der Waals surface area (Å²) in [5.74, 6) is 1.95. The molecule has 7 nitrogen and oxygen atoms in total. The minimum atomic E-state index is -0.294. The summed E-state index contributed by atoms with van der Waals surface area (Å²) in [6.07, 6.45) is 2.60. The summed E-state index contributed by atoms with van der Waals surface area (Å²) in [6, 6.07) is 7.57. The molecule has 0 bridgehead atoms. The van der Waals surface area contributed by atoms with Gasteiger partial charge in [-0.2, -0.15) is 0 Å². The molecule has 0 fully saturated rings. The number of para-hydroxylation sites is 2. The van der Waals surface area contributed by atoms with Crippen molar-refractivity contribution < 1.29 is 4.79 Å². The highest BCUT2D eigenvalue weighted by Crippen LogP contribution is 2.21. The zero-order valence-electron chi connectivity index (χ0n) is 13.9. The van der Waals surface area contributed by atoms with Gasteiger partial charge in [0.2, 0.25) is 5.91 Å². The van der Waals surface area contributed by atoms with Gasteiger partial charge in [0.15, 0.2) is 5.82 Å². The molecule has 1 unspecified atom stereocenters. The Morgan fingerprint density at radius 3 is 2.92 bits per heavy atom. The third-order valence-electron chi connectivity index (χ3n) is 4.71. The Bertz CT molecular complexity index is 896. The number of carbonyl (C=O) groups excluding carboxylic acids is 1. The Morgan fingerprint density at radius 2 is 2.08 bits per heavy atom. The summed E-state index contributed by atoms with van der Waals surface area (Å²) in [6.45, 7) is 5.96. The number of fused-ring (bicyclic) bond motifs is 2. The van der Waals surface area contributed by atoms with Crippen molar-refractivity contribution in [2.24, 2.45) is 0 Å². The maximum atomic E-state index is 12.9. The lowest BCUT2D eigenvalue weighted by Crippen LogP contribution is -2.41. The van der Waals surface area contributed by atoms with Crippen LogP contribution in [0.4, 0.5) is 0 Å². The molecule has 124 valence electrons. The molecule has 0 spiro atoms. The number of aryl methyl sites for hydroxylation is 1. The van der Waals surface area contributed by atoms with Crippen molar-refractivity contribution in [2.75, 3.05) is 6.54 Å². The third-order valence-corrected chi connectivity index (χ3v) is 4.71. The first-order valence-electron chi connectivity index (χ1n) is 8.30. The molecule has 3 heterocycles. The molecule has 1 aliphatic rings. The topological polar surface area (TPSA) is 68.8 Å². The monoisotopic (exact) mass is 324 g/mol. The van der Waals surface area contributed by atoms with E-state index >= 15 is 0 Å². The molecule has 1 aliphatic heterocycles. The number of rotatable bonds is 3. The van der Waals surface area contributed by atoms with Crippen molar-refractivity contribution in [3.63, 3.8) is 0 Å². The van der Waals surface area contributed by atoms with E-state index in [1.54, 1.807) is 6.33 Å². The second-order valence-electron chi connectivity index (χ2n) is 6.11. The third kappa shape index (κ3) is 2.28. The van der Waals surface area contributed by atoms with Crippen LogP contribution in [0, 0.1) is 0 Å². The number of aromatic nitrogens is 5. The average Bonchev–Trinajstić information content (AvgIpc) is 3.23. The first kappa shape index (κ1) is 14.9. The van der Waals surface area contributed by atoms with Gasteiger partial charge in [-0.1, -0.05) is 19.1 Å². The van der Waals surface area contributed by atoms with Crippen LogP contribution >= 0.6 is 0 Å². The van der Waals surface area contributed by atoms with E-state index in [1.165, 1.54) is 0 Å². The molecular formula is C17H20N6O. The molecule has 1 atom stereocenters. The quantitative estimate of drug-likeness (QED) is 0.736.